The lowest BCUT2D eigenvalue weighted by Crippen LogP contribution is -1.97. The highest BCUT2D eigenvalue weighted by atomic mass is 35.5. The van der Waals surface area contributed by atoms with Crippen molar-refractivity contribution in [1.29, 1.82) is 0 Å². The van der Waals surface area contributed by atoms with Crippen LogP contribution in [0.4, 0.5) is 4.39 Å². The number of rotatable bonds is 6. The van der Waals surface area contributed by atoms with Gasteiger partial charge in [-0.15, -0.1) is 0 Å². The zero-order chi connectivity index (χ0) is 17.6. The lowest BCUT2D eigenvalue weighted by atomic mass is 10.2. The summed E-state index contributed by atoms with van der Waals surface area (Å²) in [6, 6.07) is 15.3. The van der Waals surface area contributed by atoms with Gasteiger partial charge in [0.05, 0.1) is 0 Å². The topological polar surface area (TPSA) is 35.0 Å². The van der Waals surface area contributed by atoms with Crippen LogP contribution in [0.25, 0.3) is 0 Å². The molecule has 3 aromatic rings. The summed E-state index contributed by atoms with van der Waals surface area (Å²) in [6.45, 7) is 2.02. The van der Waals surface area contributed by atoms with Gasteiger partial charge in [0, 0.05) is 22.5 Å². The molecule has 2 aromatic carbocycles. The van der Waals surface area contributed by atoms with E-state index in [9.17, 15) is 4.39 Å². The third kappa shape index (κ3) is 4.94. The summed E-state index contributed by atoms with van der Waals surface area (Å²) < 4.78 is 18.7. The molecule has 0 N–H and O–H groups in total. The van der Waals surface area contributed by atoms with E-state index in [1.165, 1.54) is 23.9 Å². The van der Waals surface area contributed by atoms with E-state index in [0.717, 1.165) is 22.7 Å². The summed E-state index contributed by atoms with van der Waals surface area (Å²) in [5, 5.41) is 1.35. The van der Waals surface area contributed by atoms with Crippen LogP contribution in [0, 0.1) is 5.82 Å². The van der Waals surface area contributed by atoms with Crippen molar-refractivity contribution < 1.29 is 9.13 Å². The van der Waals surface area contributed by atoms with Crippen molar-refractivity contribution >= 4 is 23.4 Å². The van der Waals surface area contributed by atoms with Crippen LogP contribution < -0.4 is 4.74 Å². The molecule has 128 valence electrons. The fourth-order valence-corrected chi connectivity index (χ4v) is 3.28. The maximum absolute atomic E-state index is 13.0. The first-order valence-electron chi connectivity index (χ1n) is 7.81. The van der Waals surface area contributed by atoms with Gasteiger partial charge in [-0.1, -0.05) is 48.5 Å². The number of aromatic nitrogens is 2. The van der Waals surface area contributed by atoms with Crippen LogP contribution in [-0.2, 0) is 12.2 Å². The number of benzene rings is 2. The summed E-state index contributed by atoms with van der Waals surface area (Å²) >= 11 is 7.69. The number of halogens is 2. The normalized spacial score (nSPS) is 10.7. The Morgan fingerprint density at radius 1 is 1.08 bits per heavy atom. The number of hydrogen-bond acceptors (Lipinski definition) is 4. The van der Waals surface area contributed by atoms with Gasteiger partial charge in [-0.2, -0.15) is 4.98 Å². The first-order valence-corrected chi connectivity index (χ1v) is 9.18. The van der Waals surface area contributed by atoms with E-state index < -0.39 is 0 Å². The maximum Gasteiger partial charge on any atom is 0.223 e. The van der Waals surface area contributed by atoms with Crippen molar-refractivity contribution in [3.63, 3.8) is 0 Å². The molecule has 0 atom stereocenters. The largest absolute Gasteiger partial charge is 0.439 e. The van der Waals surface area contributed by atoms with Gasteiger partial charge < -0.3 is 4.74 Å². The van der Waals surface area contributed by atoms with Crippen molar-refractivity contribution in [2.75, 3.05) is 0 Å². The van der Waals surface area contributed by atoms with E-state index in [4.69, 9.17) is 16.3 Å². The van der Waals surface area contributed by atoms with Crippen molar-refractivity contribution in [1.82, 2.24) is 9.97 Å². The average Bonchev–Trinajstić information content (AvgIpc) is 2.63. The van der Waals surface area contributed by atoms with E-state index in [0.29, 0.717) is 22.5 Å². The Labute approximate surface area is 155 Å². The summed E-state index contributed by atoms with van der Waals surface area (Å²) in [5.41, 5.74) is 1.91. The lowest BCUT2D eigenvalue weighted by Gasteiger charge is -2.09. The highest BCUT2D eigenvalue weighted by Crippen LogP contribution is 2.27. The molecule has 0 aliphatic heterocycles. The Hall–Kier alpha value is -2.11. The molecule has 25 heavy (non-hydrogen) atoms. The van der Waals surface area contributed by atoms with Crippen LogP contribution in [-0.4, -0.2) is 9.97 Å². The average molecular weight is 375 g/mol. The first kappa shape index (κ1) is 17.7. The van der Waals surface area contributed by atoms with Gasteiger partial charge in [-0.25, -0.2) is 9.37 Å². The van der Waals surface area contributed by atoms with E-state index in [1.807, 2.05) is 31.2 Å². The third-order valence-corrected chi connectivity index (χ3v) is 4.71. The van der Waals surface area contributed by atoms with Crippen molar-refractivity contribution in [2.24, 2.45) is 0 Å². The standard InChI is InChI=1S/C19H16ClFN2OS/c1-2-15-11-18(24-16-9-7-14(21)8-10-16)23-19(22-15)25-12-13-5-3-4-6-17(13)20/h3-11H,2,12H2,1H3. The Morgan fingerprint density at radius 3 is 2.56 bits per heavy atom. The zero-order valence-electron chi connectivity index (χ0n) is 13.6. The molecular weight excluding hydrogens is 359 g/mol. The van der Waals surface area contributed by atoms with Gasteiger partial charge >= 0.3 is 0 Å². The second kappa shape index (κ2) is 8.32. The summed E-state index contributed by atoms with van der Waals surface area (Å²) in [5.74, 6) is 1.34. The molecule has 3 rings (SSSR count). The predicted octanol–water partition coefficient (Wildman–Crippen LogP) is 5.92. The van der Waals surface area contributed by atoms with Gasteiger partial charge in [0.25, 0.3) is 0 Å². The Bertz CT molecular complexity index is 858. The zero-order valence-corrected chi connectivity index (χ0v) is 15.1. The molecule has 6 heteroatoms. The molecule has 0 saturated carbocycles. The van der Waals surface area contributed by atoms with Gasteiger partial charge in [0.2, 0.25) is 5.88 Å². The molecule has 1 aromatic heterocycles. The fourth-order valence-electron chi connectivity index (χ4n) is 2.13. The molecule has 0 saturated heterocycles. The fraction of sp³-hybridized carbons (Fsp3) is 0.158. The Balaban J connectivity index is 1.77. The molecule has 3 nitrogen and oxygen atoms in total. The molecular formula is C19H16ClFN2OS. The van der Waals surface area contributed by atoms with Crippen LogP contribution in [0.3, 0.4) is 0 Å². The number of aryl methyl sites for hydroxylation is 1. The summed E-state index contributed by atoms with van der Waals surface area (Å²) in [7, 11) is 0. The monoisotopic (exact) mass is 374 g/mol. The van der Waals surface area contributed by atoms with Crippen LogP contribution in [0.2, 0.25) is 5.02 Å². The number of thioether (sulfide) groups is 1. The number of ether oxygens (including phenoxy) is 1. The van der Waals surface area contributed by atoms with Crippen LogP contribution in [0.5, 0.6) is 11.6 Å². The first-order chi connectivity index (χ1) is 12.1. The third-order valence-electron chi connectivity index (χ3n) is 3.45. The molecule has 0 aliphatic carbocycles. The SMILES string of the molecule is CCc1cc(Oc2ccc(F)cc2)nc(SCc2ccccc2Cl)n1. The highest BCUT2D eigenvalue weighted by molar-refractivity contribution is 7.98. The molecule has 0 aliphatic rings. The minimum atomic E-state index is -0.305. The Morgan fingerprint density at radius 2 is 1.84 bits per heavy atom. The molecule has 0 unspecified atom stereocenters. The second-order valence-corrected chi connectivity index (χ2v) is 6.62. The minimum Gasteiger partial charge on any atom is -0.439 e. The van der Waals surface area contributed by atoms with E-state index in [2.05, 4.69) is 9.97 Å². The molecule has 0 radical (unpaired) electrons. The highest BCUT2D eigenvalue weighted by Gasteiger charge is 2.08. The molecule has 0 bridgehead atoms. The summed E-state index contributed by atoms with van der Waals surface area (Å²) in [6.07, 6.45) is 0.766. The van der Waals surface area contributed by atoms with Crippen LogP contribution >= 0.6 is 23.4 Å². The van der Waals surface area contributed by atoms with Crippen molar-refractivity contribution in [3.8, 4) is 11.6 Å². The smallest absolute Gasteiger partial charge is 0.223 e. The molecule has 0 fully saturated rings. The van der Waals surface area contributed by atoms with Crippen molar-refractivity contribution in [2.45, 2.75) is 24.3 Å². The van der Waals surface area contributed by atoms with E-state index in [-0.39, 0.29) is 5.82 Å². The number of hydrogen-bond donors (Lipinski definition) is 0. The second-order valence-electron chi connectivity index (χ2n) is 5.27. The van der Waals surface area contributed by atoms with Crippen LogP contribution in [0.1, 0.15) is 18.2 Å². The lowest BCUT2D eigenvalue weighted by molar-refractivity contribution is 0.452. The molecule has 0 amide bonds. The van der Waals surface area contributed by atoms with Gasteiger partial charge in [0.1, 0.15) is 11.6 Å². The predicted molar refractivity (Wildman–Crippen MR) is 98.9 cm³/mol. The van der Waals surface area contributed by atoms with Gasteiger partial charge in [-0.3, -0.25) is 0 Å². The number of nitrogens with zero attached hydrogens (tertiary/aromatic N) is 2. The van der Waals surface area contributed by atoms with Crippen LogP contribution in [0.15, 0.2) is 59.8 Å². The van der Waals surface area contributed by atoms with Crippen molar-refractivity contribution in [3.05, 3.63) is 76.7 Å². The Kier molecular flexibility index (Phi) is 5.89. The summed E-state index contributed by atoms with van der Waals surface area (Å²) in [4.78, 5) is 8.96. The van der Waals surface area contributed by atoms with Gasteiger partial charge in [-0.05, 0) is 42.3 Å². The van der Waals surface area contributed by atoms with E-state index in [1.54, 1.807) is 18.2 Å². The minimum absolute atomic E-state index is 0.305. The quantitative estimate of drug-likeness (QED) is 0.396. The van der Waals surface area contributed by atoms with E-state index >= 15 is 0 Å². The molecule has 0 spiro atoms. The van der Waals surface area contributed by atoms with Gasteiger partial charge in [0.15, 0.2) is 5.16 Å². The molecule has 1 heterocycles. The maximum atomic E-state index is 13.0.